The molecule has 1 amide bonds. The number of aromatic nitrogens is 3. The predicted octanol–water partition coefficient (Wildman–Crippen LogP) is 4.11. The summed E-state index contributed by atoms with van der Waals surface area (Å²) in [5, 5.41) is 2.67. The molecule has 4 aromatic rings. The number of amides is 1. The number of hydrogen-bond acceptors (Lipinski definition) is 4. The third kappa shape index (κ3) is 3.91. The summed E-state index contributed by atoms with van der Waals surface area (Å²) in [6.07, 6.45) is 6.23. The molecule has 0 aliphatic heterocycles. The monoisotopic (exact) mass is 402 g/mol. The Kier molecular flexibility index (Phi) is 5.52. The van der Waals surface area contributed by atoms with Crippen LogP contribution in [0.1, 0.15) is 0 Å². The maximum Gasteiger partial charge on any atom is 0.243 e. The van der Waals surface area contributed by atoms with Gasteiger partial charge in [-0.3, -0.25) is 14.8 Å². The maximum absolute atomic E-state index is 13.5. The Labute approximate surface area is 172 Å². The van der Waals surface area contributed by atoms with Crippen molar-refractivity contribution in [2.24, 2.45) is 0 Å². The van der Waals surface area contributed by atoms with Gasteiger partial charge in [0.1, 0.15) is 18.2 Å². The van der Waals surface area contributed by atoms with Gasteiger partial charge in [-0.25, -0.2) is 4.39 Å². The predicted molar refractivity (Wildman–Crippen MR) is 113 cm³/mol. The van der Waals surface area contributed by atoms with Crippen molar-refractivity contribution < 1.29 is 13.9 Å². The summed E-state index contributed by atoms with van der Waals surface area (Å²) in [5.41, 5.74) is 4.90. The van der Waals surface area contributed by atoms with Crippen molar-refractivity contribution in [3.05, 3.63) is 79.5 Å². The summed E-state index contributed by atoms with van der Waals surface area (Å²) >= 11 is 0. The molecule has 30 heavy (non-hydrogen) atoms. The molecule has 4 rings (SSSR count). The third-order valence-corrected chi connectivity index (χ3v) is 4.59. The van der Waals surface area contributed by atoms with E-state index in [1.165, 1.54) is 18.2 Å². The molecule has 0 saturated carbocycles. The molecule has 150 valence electrons. The summed E-state index contributed by atoms with van der Waals surface area (Å²) in [4.78, 5) is 23.4. The Hall–Kier alpha value is -4.00. The Morgan fingerprint density at radius 2 is 2.03 bits per heavy atom. The summed E-state index contributed by atoms with van der Waals surface area (Å²) < 4.78 is 19.4. The zero-order chi connectivity index (χ0) is 20.9. The molecule has 6 nitrogen and oxygen atoms in total. The van der Waals surface area contributed by atoms with Gasteiger partial charge in [0.05, 0.1) is 29.5 Å². The Morgan fingerprint density at radius 1 is 1.20 bits per heavy atom. The number of halogens is 1. The molecule has 0 spiro atoms. The molecule has 2 N–H and O–H groups in total. The fourth-order valence-electron chi connectivity index (χ4n) is 3.23. The quantitative estimate of drug-likeness (QED) is 0.360. The molecule has 0 bridgehead atoms. The summed E-state index contributed by atoms with van der Waals surface area (Å²) in [6, 6.07) is 11.9. The molecule has 0 unspecified atom stereocenters. The van der Waals surface area contributed by atoms with Crippen LogP contribution in [-0.4, -0.2) is 34.0 Å². The Bertz CT molecular complexity index is 1200. The maximum atomic E-state index is 13.5. The largest absolute Gasteiger partial charge is 0.489 e. The fourth-order valence-corrected chi connectivity index (χ4v) is 3.23. The molecule has 0 saturated heterocycles. The first-order chi connectivity index (χ1) is 14.7. The number of benzene rings is 1. The van der Waals surface area contributed by atoms with E-state index in [9.17, 15) is 9.18 Å². The first-order valence-corrected chi connectivity index (χ1v) is 9.37. The van der Waals surface area contributed by atoms with Crippen LogP contribution in [0.3, 0.4) is 0 Å². The number of carbonyl (C=O) groups excluding carboxylic acids is 1. The minimum Gasteiger partial charge on any atom is -0.489 e. The van der Waals surface area contributed by atoms with Crippen molar-refractivity contribution >= 4 is 16.9 Å². The van der Waals surface area contributed by atoms with Crippen LogP contribution >= 0.6 is 0 Å². The van der Waals surface area contributed by atoms with E-state index in [4.69, 9.17) is 4.74 Å². The van der Waals surface area contributed by atoms with Gasteiger partial charge < -0.3 is 15.0 Å². The van der Waals surface area contributed by atoms with Crippen LogP contribution < -0.4 is 10.1 Å². The van der Waals surface area contributed by atoms with Crippen LogP contribution in [0.25, 0.3) is 33.4 Å². The highest BCUT2D eigenvalue weighted by Gasteiger charge is 2.19. The van der Waals surface area contributed by atoms with E-state index in [-0.39, 0.29) is 18.3 Å². The second-order valence-corrected chi connectivity index (χ2v) is 6.50. The van der Waals surface area contributed by atoms with E-state index in [0.717, 1.165) is 33.4 Å². The molecule has 3 aromatic heterocycles. The fraction of sp³-hybridized carbons (Fsp3) is 0.0870. The minimum atomic E-state index is -0.303. The minimum absolute atomic E-state index is 0.259. The lowest BCUT2D eigenvalue weighted by molar-refractivity contribution is -0.116. The number of rotatable bonds is 7. The van der Waals surface area contributed by atoms with Crippen molar-refractivity contribution in [3.63, 3.8) is 0 Å². The summed E-state index contributed by atoms with van der Waals surface area (Å²) in [7, 11) is 0. The highest BCUT2D eigenvalue weighted by molar-refractivity contribution is 6.02. The highest BCUT2D eigenvalue weighted by atomic mass is 19.1. The zero-order valence-corrected chi connectivity index (χ0v) is 16.1. The molecule has 7 heteroatoms. The van der Waals surface area contributed by atoms with Crippen LogP contribution in [0.5, 0.6) is 5.75 Å². The number of nitrogens with zero attached hydrogens (tertiary/aromatic N) is 2. The number of aromatic amines is 1. The number of pyridine rings is 2. The van der Waals surface area contributed by atoms with Crippen LogP contribution in [-0.2, 0) is 4.79 Å². The molecule has 0 aliphatic carbocycles. The molecule has 0 atom stereocenters. The van der Waals surface area contributed by atoms with Crippen molar-refractivity contribution in [2.45, 2.75) is 0 Å². The van der Waals surface area contributed by atoms with E-state index in [1.807, 2.05) is 18.2 Å². The number of H-pyrrole nitrogens is 1. The van der Waals surface area contributed by atoms with E-state index >= 15 is 0 Å². The topological polar surface area (TPSA) is 79.9 Å². The van der Waals surface area contributed by atoms with Crippen LogP contribution in [0.2, 0.25) is 0 Å². The smallest absolute Gasteiger partial charge is 0.243 e. The molecule has 3 heterocycles. The van der Waals surface area contributed by atoms with Crippen LogP contribution in [0.4, 0.5) is 4.39 Å². The van der Waals surface area contributed by atoms with Gasteiger partial charge in [0.2, 0.25) is 5.91 Å². The number of nitrogens with one attached hydrogen (secondary N) is 2. The number of carbonyl (C=O) groups is 1. The van der Waals surface area contributed by atoms with Gasteiger partial charge >= 0.3 is 0 Å². The van der Waals surface area contributed by atoms with Gasteiger partial charge in [0.15, 0.2) is 0 Å². The second-order valence-electron chi connectivity index (χ2n) is 6.50. The van der Waals surface area contributed by atoms with Crippen LogP contribution in [0.15, 0.2) is 73.7 Å². The molecule has 0 fully saturated rings. The van der Waals surface area contributed by atoms with Crippen molar-refractivity contribution in [1.29, 1.82) is 0 Å². The lowest BCUT2D eigenvalue weighted by Crippen LogP contribution is -2.26. The van der Waals surface area contributed by atoms with E-state index in [0.29, 0.717) is 12.3 Å². The zero-order valence-electron chi connectivity index (χ0n) is 16.1. The number of hydrogen-bond donors (Lipinski definition) is 2. The highest BCUT2D eigenvalue weighted by Crippen LogP contribution is 2.40. The van der Waals surface area contributed by atoms with Crippen molar-refractivity contribution in [2.75, 3.05) is 13.2 Å². The average Bonchev–Trinajstić information content (AvgIpc) is 3.16. The second kappa shape index (κ2) is 8.57. The molecule has 0 aliphatic rings. The lowest BCUT2D eigenvalue weighted by Gasteiger charge is -2.12. The van der Waals surface area contributed by atoms with Gasteiger partial charge in [-0.05, 0) is 42.0 Å². The molecular formula is C23H19FN4O2. The standard InChI is InChI=1S/C23H19FN4O2/c1-2-20(29)26-12-13-30-19-14-25-11-9-17(19)22-21(15-5-7-16(24)8-6-15)23-18(28-22)4-3-10-27-23/h2-11,14,28H,1,12-13H2,(H,26,29). The van der Waals surface area contributed by atoms with Gasteiger partial charge in [-0.1, -0.05) is 18.7 Å². The van der Waals surface area contributed by atoms with Gasteiger partial charge in [-0.15, -0.1) is 0 Å². The first-order valence-electron chi connectivity index (χ1n) is 9.37. The van der Waals surface area contributed by atoms with Crippen molar-refractivity contribution in [3.8, 4) is 28.1 Å². The normalized spacial score (nSPS) is 10.7. The SMILES string of the molecule is C=CC(=O)NCCOc1cnccc1-c1[nH]c2cccnc2c1-c1ccc(F)cc1. The number of fused-ring (bicyclic) bond motifs is 1. The van der Waals surface area contributed by atoms with E-state index in [1.54, 1.807) is 30.7 Å². The third-order valence-electron chi connectivity index (χ3n) is 4.59. The van der Waals surface area contributed by atoms with Gasteiger partial charge in [-0.2, -0.15) is 0 Å². The van der Waals surface area contributed by atoms with E-state index < -0.39 is 0 Å². The number of ether oxygens (including phenoxy) is 1. The van der Waals surface area contributed by atoms with Gasteiger partial charge in [0.25, 0.3) is 0 Å². The van der Waals surface area contributed by atoms with Crippen molar-refractivity contribution in [1.82, 2.24) is 20.3 Å². The molecule has 1 aromatic carbocycles. The molecular weight excluding hydrogens is 383 g/mol. The first kappa shape index (κ1) is 19.3. The van der Waals surface area contributed by atoms with E-state index in [2.05, 4.69) is 26.8 Å². The Balaban J connectivity index is 1.75. The summed E-state index contributed by atoms with van der Waals surface area (Å²) in [6.45, 7) is 4.02. The summed E-state index contributed by atoms with van der Waals surface area (Å²) in [5.74, 6) is -0.00632. The van der Waals surface area contributed by atoms with Gasteiger partial charge in [0, 0.05) is 23.5 Å². The lowest BCUT2D eigenvalue weighted by atomic mass is 10.0. The molecule has 0 radical (unpaired) electrons. The Morgan fingerprint density at radius 3 is 2.83 bits per heavy atom. The van der Waals surface area contributed by atoms with Crippen LogP contribution in [0, 0.1) is 5.82 Å². The average molecular weight is 402 g/mol.